The van der Waals surface area contributed by atoms with E-state index in [2.05, 4.69) is 20.4 Å². The molecule has 2 saturated heterocycles. The van der Waals surface area contributed by atoms with Gasteiger partial charge in [0, 0.05) is 44.5 Å². The lowest BCUT2D eigenvalue weighted by atomic mass is 10.00. The Kier molecular flexibility index (Phi) is 6.92. The van der Waals surface area contributed by atoms with Crippen LogP contribution in [0.3, 0.4) is 0 Å². The monoisotopic (exact) mass is 476 g/mol. The second kappa shape index (κ2) is 10.1. The van der Waals surface area contributed by atoms with Crippen LogP contribution in [0.1, 0.15) is 37.7 Å². The molecule has 1 unspecified atom stereocenters. The predicted octanol–water partition coefficient (Wildman–Crippen LogP) is 4.78. The summed E-state index contributed by atoms with van der Waals surface area (Å²) in [6, 6.07) is 5.30. The van der Waals surface area contributed by atoms with E-state index in [-0.39, 0.29) is 23.1 Å². The largest absolute Gasteiger partial charge is 0.496 e. The van der Waals surface area contributed by atoms with Gasteiger partial charge in [0.1, 0.15) is 11.6 Å². The van der Waals surface area contributed by atoms with Crippen LogP contribution < -0.4 is 10.1 Å². The second-order valence-corrected chi connectivity index (χ2v) is 9.79. The minimum Gasteiger partial charge on any atom is -0.496 e. The van der Waals surface area contributed by atoms with Crippen LogP contribution in [0, 0.1) is 23.6 Å². The van der Waals surface area contributed by atoms with Gasteiger partial charge in [-0.05, 0) is 67.7 Å². The Balaban J connectivity index is 1.25. The van der Waals surface area contributed by atoms with Crippen molar-refractivity contribution in [3.05, 3.63) is 35.6 Å². The normalized spacial score (nSPS) is 25.6. The summed E-state index contributed by atoms with van der Waals surface area (Å²) >= 11 is 0. The number of aromatic nitrogens is 2. The Bertz CT molecular complexity index is 988. The fraction of sp³-hybridized carbons (Fsp3) is 0.600. The lowest BCUT2D eigenvalue weighted by molar-refractivity contribution is 0.0545. The maximum absolute atomic E-state index is 13.9. The lowest BCUT2D eigenvalue weighted by Gasteiger charge is -2.28. The standard InChI is InChI=1S/C25H31F3N4O2/c1-33-23-3-2-18(26)10-20(23)22-11-21(24(27)28)25(31-30-22)29-19-8-16-13-32(14-17(16)9-19)12-15-4-6-34-7-5-15/h2-3,10-11,15-17,19,24H,4-9,12-14H2,1H3,(H,29,31)/t16-,17+,19?. The SMILES string of the molecule is COc1ccc(F)cc1-c1cc(C(F)F)c(NC2C[C@@H]3CN(CC4CCOCC4)C[C@@H]3C2)nn1. The number of benzene rings is 1. The van der Waals surface area contributed by atoms with Crippen LogP contribution in [-0.2, 0) is 4.74 Å². The van der Waals surface area contributed by atoms with Crippen LogP contribution >= 0.6 is 0 Å². The Morgan fingerprint density at radius 3 is 2.53 bits per heavy atom. The van der Waals surface area contributed by atoms with Crippen LogP contribution in [-0.4, -0.2) is 61.1 Å². The molecule has 3 fully saturated rings. The van der Waals surface area contributed by atoms with Crippen LogP contribution in [0.25, 0.3) is 11.3 Å². The van der Waals surface area contributed by atoms with Gasteiger partial charge in [0.25, 0.3) is 6.43 Å². The summed E-state index contributed by atoms with van der Waals surface area (Å²) in [5, 5.41) is 11.5. The van der Waals surface area contributed by atoms with Gasteiger partial charge in [-0.2, -0.15) is 0 Å². The fourth-order valence-corrected chi connectivity index (χ4v) is 5.85. The second-order valence-electron chi connectivity index (χ2n) is 9.79. The van der Waals surface area contributed by atoms with Crippen LogP contribution in [0.2, 0.25) is 0 Å². The number of anilines is 1. The molecule has 0 spiro atoms. The van der Waals surface area contributed by atoms with Gasteiger partial charge in [-0.3, -0.25) is 0 Å². The molecule has 1 aromatic heterocycles. The number of methoxy groups -OCH3 is 1. The molecule has 1 aliphatic carbocycles. The van der Waals surface area contributed by atoms with E-state index in [9.17, 15) is 13.2 Å². The van der Waals surface area contributed by atoms with E-state index in [4.69, 9.17) is 9.47 Å². The van der Waals surface area contributed by atoms with Gasteiger partial charge in [-0.15, -0.1) is 10.2 Å². The molecule has 3 atom stereocenters. The van der Waals surface area contributed by atoms with E-state index in [1.54, 1.807) is 0 Å². The molecule has 1 aromatic carbocycles. The minimum atomic E-state index is -2.73. The molecule has 1 N–H and O–H groups in total. The number of hydrogen-bond donors (Lipinski definition) is 1. The van der Waals surface area contributed by atoms with Crippen molar-refractivity contribution in [3.63, 3.8) is 0 Å². The van der Waals surface area contributed by atoms with E-state index in [1.807, 2.05) is 0 Å². The zero-order chi connectivity index (χ0) is 23.7. The van der Waals surface area contributed by atoms with Crippen molar-refractivity contribution in [1.29, 1.82) is 0 Å². The van der Waals surface area contributed by atoms with E-state index in [0.29, 0.717) is 23.1 Å². The molecule has 2 aromatic rings. The van der Waals surface area contributed by atoms with Crippen molar-refractivity contribution < 1.29 is 22.6 Å². The smallest absolute Gasteiger partial charge is 0.267 e. The summed E-state index contributed by atoms with van der Waals surface area (Å²) in [5.41, 5.74) is 0.224. The summed E-state index contributed by atoms with van der Waals surface area (Å²) < 4.78 is 52.4. The average Bonchev–Trinajstić information content (AvgIpc) is 3.37. The van der Waals surface area contributed by atoms with Gasteiger partial charge in [-0.1, -0.05) is 0 Å². The van der Waals surface area contributed by atoms with E-state index >= 15 is 0 Å². The molecule has 2 aliphatic heterocycles. The Morgan fingerprint density at radius 1 is 1.12 bits per heavy atom. The van der Waals surface area contributed by atoms with Crippen LogP contribution in [0.15, 0.2) is 24.3 Å². The molecule has 5 rings (SSSR count). The summed E-state index contributed by atoms with van der Waals surface area (Å²) in [7, 11) is 1.44. The van der Waals surface area contributed by atoms with E-state index in [0.717, 1.165) is 64.4 Å². The highest BCUT2D eigenvalue weighted by Crippen LogP contribution is 2.41. The van der Waals surface area contributed by atoms with Crippen molar-refractivity contribution in [3.8, 4) is 17.0 Å². The van der Waals surface area contributed by atoms with Gasteiger partial charge in [0.15, 0.2) is 5.82 Å². The molecular weight excluding hydrogens is 445 g/mol. The molecule has 0 radical (unpaired) electrons. The molecule has 0 amide bonds. The number of ether oxygens (including phenoxy) is 2. The highest BCUT2D eigenvalue weighted by atomic mass is 19.3. The lowest BCUT2D eigenvalue weighted by Crippen LogP contribution is -2.32. The number of rotatable bonds is 7. The highest BCUT2D eigenvalue weighted by Gasteiger charge is 2.41. The molecule has 3 heterocycles. The molecule has 184 valence electrons. The zero-order valence-corrected chi connectivity index (χ0v) is 19.4. The fourth-order valence-electron chi connectivity index (χ4n) is 5.85. The van der Waals surface area contributed by atoms with Crippen molar-refractivity contribution in [1.82, 2.24) is 15.1 Å². The van der Waals surface area contributed by atoms with Gasteiger partial charge in [0.05, 0.1) is 18.4 Å². The van der Waals surface area contributed by atoms with Crippen molar-refractivity contribution in [2.75, 3.05) is 45.3 Å². The summed E-state index contributed by atoms with van der Waals surface area (Å²) in [6.07, 6.45) is 1.44. The topological polar surface area (TPSA) is 59.5 Å². The van der Waals surface area contributed by atoms with Crippen LogP contribution in [0.5, 0.6) is 5.75 Å². The molecule has 0 bridgehead atoms. The third-order valence-electron chi connectivity index (χ3n) is 7.52. The Hall–Kier alpha value is -2.39. The van der Waals surface area contributed by atoms with E-state index in [1.165, 1.54) is 31.4 Å². The molecule has 6 nitrogen and oxygen atoms in total. The molecule has 34 heavy (non-hydrogen) atoms. The van der Waals surface area contributed by atoms with Gasteiger partial charge in [0.2, 0.25) is 0 Å². The maximum Gasteiger partial charge on any atom is 0.267 e. The third kappa shape index (κ3) is 5.00. The predicted molar refractivity (Wildman–Crippen MR) is 123 cm³/mol. The number of alkyl halides is 2. The first kappa shape index (κ1) is 23.4. The zero-order valence-electron chi connectivity index (χ0n) is 19.4. The van der Waals surface area contributed by atoms with Gasteiger partial charge in [-0.25, -0.2) is 13.2 Å². The van der Waals surface area contributed by atoms with Crippen molar-refractivity contribution in [2.24, 2.45) is 17.8 Å². The summed E-state index contributed by atoms with van der Waals surface area (Å²) in [6.45, 7) is 5.03. The quantitative estimate of drug-likeness (QED) is 0.621. The number of fused-ring (bicyclic) bond motifs is 1. The molecular formula is C25H31F3N4O2. The first-order chi connectivity index (χ1) is 16.5. The average molecular weight is 477 g/mol. The number of nitrogens with zero attached hydrogens (tertiary/aromatic N) is 3. The first-order valence-corrected chi connectivity index (χ1v) is 12.1. The van der Waals surface area contributed by atoms with Gasteiger partial charge < -0.3 is 19.7 Å². The van der Waals surface area contributed by atoms with E-state index < -0.39 is 12.2 Å². The third-order valence-corrected chi connectivity index (χ3v) is 7.52. The Morgan fingerprint density at radius 2 is 1.85 bits per heavy atom. The van der Waals surface area contributed by atoms with Gasteiger partial charge >= 0.3 is 0 Å². The highest BCUT2D eigenvalue weighted by molar-refractivity contribution is 5.68. The maximum atomic E-state index is 13.9. The minimum absolute atomic E-state index is 0.0987. The molecule has 3 aliphatic rings. The van der Waals surface area contributed by atoms with Crippen molar-refractivity contribution >= 4 is 5.82 Å². The van der Waals surface area contributed by atoms with Crippen LogP contribution in [0.4, 0.5) is 19.0 Å². The number of nitrogens with one attached hydrogen (secondary N) is 1. The van der Waals surface area contributed by atoms with Crippen molar-refractivity contribution in [2.45, 2.75) is 38.2 Å². The first-order valence-electron chi connectivity index (χ1n) is 12.1. The summed E-state index contributed by atoms with van der Waals surface area (Å²) in [5.74, 6) is 1.85. The summed E-state index contributed by atoms with van der Waals surface area (Å²) in [4.78, 5) is 2.58. The Labute approximate surface area is 197 Å². The molecule has 1 saturated carbocycles. The number of halogens is 3. The molecule has 9 heteroatoms. The number of hydrogen-bond acceptors (Lipinski definition) is 6. The number of likely N-dealkylation sites (tertiary alicyclic amines) is 1.